The van der Waals surface area contributed by atoms with Crippen LogP contribution >= 0.6 is 0 Å². The van der Waals surface area contributed by atoms with Crippen molar-refractivity contribution in [3.05, 3.63) is 29.3 Å². The van der Waals surface area contributed by atoms with Crippen LogP contribution in [0.1, 0.15) is 17.2 Å². The summed E-state index contributed by atoms with van der Waals surface area (Å²) < 4.78 is 0. The first-order chi connectivity index (χ1) is 7.07. The van der Waals surface area contributed by atoms with Gasteiger partial charge in [0.15, 0.2) is 0 Å². The maximum atomic E-state index is 9.86. The summed E-state index contributed by atoms with van der Waals surface area (Å²) in [4.78, 5) is 0. The van der Waals surface area contributed by atoms with Gasteiger partial charge in [0.1, 0.15) is 6.10 Å². The molecule has 2 atom stereocenters. The normalized spacial score (nSPS) is 14.9. The van der Waals surface area contributed by atoms with Crippen molar-refractivity contribution in [3.8, 4) is 0 Å². The van der Waals surface area contributed by atoms with E-state index in [9.17, 15) is 10.2 Å². The van der Waals surface area contributed by atoms with Gasteiger partial charge in [-0.25, -0.2) is 0 Å². The molecule has 1 aromatic carbocycles. The SMILES string of the molecule is CNCC(O)C(O)c1cccc(C)c1N. The van der Waals surface area contributed by atoms with Crippen LogP contribution < -0.4 is 11.1 Å². The Labute approximate surface area is 89.7 Å². The number of nitrogens with one attached hydrogen (secondary N) is 1. The largest absolute Gasteiger partial charge is 0.398 e. The highest BCUT2D eigenvalue weighted by molar-refractivity contribution is 5.54. The second-order valence-electron chi connectivity index (χ2n) is 3.65. The van der Waals surface area contributed by atoms with Gasteiger partial charge in [0.2, 0.25) is 0 Å². The monoisotopic (exact) mass is 210 g/mol. The second-order valence-corrected chi connectivity index (χ2v) is 3.65. The lowest BCUT2D eigenvalue weighted by atomic mass is 10.00. The lowest BCUT2D eigenvalue weighted by Gasteiger charge is -2.20. The van der Waals surface area contributed by atoms with Crippen molar-refractivity contribution in [3.63, 3.8) is 0 Å². The van der Waals surface area contributed by atoms with E-state index in [1.54, 1.807) is 13.1 Å². The lowest BCUT2D eigenvalue weighted by molar-refractivity contribution is 0.0206. The standard InChI is InChI=1S/C11H18N2O2/c1-7-4-3-5-8(10(7)12)11(15)9(14)6-13-2/h3-5,9,11,13-15H,6,12H2,1-2H3. The van der Waals surface area contributed by atoms with E-state index in [-0.39, 0.29) is 0 Å². The molecule has 15 heavy (non-hydrogen) atoms. The number of hydrogen-bond donors (Lipinski definition) is 4. The smallest absolute Gasteiger partial charge is 0.108 e. The summed E-state index contributed by atoms with van der Waals surface area (Å²) in [5.41, 5.74) is 7.85. The van der Waals surface area contributed by atoms with E-state index in [1.807, 2.05) is 19.1 Å². The van der Waals surface area contributed by atoms with E-state index in [2.05, 4.69) is 5.32 Å². The van der Waals surface area contributed by atoms with Gasteiger partial charge in [-0.2, -0.15) is 0 Å². The highest BCUT2D eigenvalue weighted by Gasteiger charge is 2.19. The predicted molar refractivity (Wildman–Crippen MR) is 60.5 cm³/mol. The molecular formula is C11H18N2O2. The van der Waals surface area contributed by atoms with Crippen LogP contribution in [0.15, 0.2) is 18.2 Å². The van der Waals surface area contributed by atoms with Crippen molar-refractivity contribution in [2.24, 2.45) is 0 Å². The van der Waals surface area contributed by atoms with E-state index in [0.29, 0.717) is 17.8 Å². The molecule has 1 aromatic rings. The average molecular weight is 210 g/mol. The number of rotatable bonds is 4. The zero-order chi connectivity index (χ0) is 11.4. The highest BCUT2D eigenvalue weighted by Crippen LogP contribution is 2.25. The van der Waals surface area contributed by atoms with E-state index in [0.717, 1.165) is 5.56 Å². The van der Waals surface area contributed by atoms with E-state index in [1.165, 1.54) is 0 Å². The molecule has 0 fully saturated rings. The third kappa shape index (κ3) is 2.68. The maximum Gasteiger partial charge on any atom is 0.108 e. The topological polar surface area (TPSA) is 78.5 Å². The highest BCUT2D eigenvalue weighted by atomic mass is 16.3. The third-order valence-electron chi connectivity index (χ3n) is 2.45. The number of nitrogens with two attached hydrogens (primary N) is 1. The van der Waals surface area contributed by atoms with Gasteiger partial charge in [-0.1, -0.05) is 18.2 Å². The Morgan fingerprint density at radius 3 is 2.67 bits per heavy atom. The Morgan fingerprint density at radius 2 is 2.07 bits per heavy atom. The van der Waals surface area contributed by atoms with Crippen molar-refractivity contribution in [1.82, 2.24) is 5.32 Å². The average Bonchev–Trinajstić information content (AvgIpc) is 2.21. The van der Waals surface area contributed by atoms with Crippen molar-refractivity contribution in [2.75, 3.05) is 19.3 Å². The molecule has 2 unspecified atom stereocenters. The number of likely N-dealkylation sites (N-methyl/N-ethyl adjacent to an activating group) is 1. The molecule has 1 rings (SSSR count). The molecule has 0 radical (unpaired) electrons. The zero-order valence-corrected chi connectivity index (χ0v) is 9.07. The molecule has 0 spiro atoms. The number of aliphatic hydroxyl groups excluding tert-OH is 2. The lowest BCUT2D eigenvalue weighted by Crippen LogP contribution is -2.30. The molecule has 0 aliphatic carbocycles. The summed E-state index contributed by atoms with van der Waals surface area (Å²) in [5, 5.41) is 22.3. The van der Waals surface area contributed by atoms with E-state index in [4.69, 9.17) is 5.73 Å². The molecule has 0 aliphatic heterocycles. The molecule has 4 nitrogen and oxygen atoms in total. The Morgan fingerprint density at radius 1 is 1.40 bits per heavy atom. The number of para-hydroxylation sites is 1. The fourth-order valence-corrected chi connectivity index (χ4v) is 1.49. The van der Waals surface area contributed by atoms with Crippen LogP contribution in [-0.4, -0.2) is 29.9 Å². The molecule has 0 heterocycles. The van der Waals surface area contributed by atoms with Gasteiger partial charge in [0.25, 0.3) is 0 Å². The summed E-state index contributed by atoms with van der Waals surface area (Å²) in [7, 11) is 1.72. The number of nitrogen functional groups attached to an aromatic ring is 1. The van der Waals surface area contributed by atoms with Gasteiger partial charge < -0.3 is 21.3 Å². The van der Waals surface area contributed by atoms with Crippen LogP contribution in [0.25, 0.3) is 0 Å². The summed E-state index contributed by atoms with van der Waals surface area (Å²) in [5.74, 6) is 0. The fourth-order valence-electron chi connectivity index (χ4n) is 1.49. The van der Waals surface area contributed by atoms with Crippen LogP contribution in [0.3, 0.4) is 0 Å². The number of aliphatic hydroxyl groups is 2. The van der Waals surface area contributed by atoms with Crippen LogP contribution in [0.4, 0.5) is 5.69 Å². The Bertz CT molecular complexity index is 328. The van der Waals surface area contributed by atoms with Crippen LogP contribution in [0.5, 0.6) is 0 Å². The van der Waals surface area contributed by atoms with E-state index < -0.39 is 12.2 Å². The number of anilines is 1. The third-order valence-corrected chi connectivity index (χ3v) is 2.45. The van der Waals surface area contributed by atoms with Gasteiger partial charge in [0, 0.05) is 17.8 Å². The van der Waals surface area contributed by atoms with Crippen LogP contribution in [0, 0.1) is 6.92 Å². The zero-order valence-electron chi connectivity index (χ0n) is 9.07. The molecule has 0 bridgehead atoms. The second kappa shape index (κ2) is 5.11. The first-order valence-corrected chi connectivity index (χ1v) is 4.93. The first kappa shape index (κ1) is 12.0. The molecule has 0 saturated carbocycles. The quantitative estimate of drug-likeness (QED) is 0.535. The molecule has 0 aliphatic rings. The van der Waals surface area contributed by atoms with Crippen molar-refractivity contribution in [2.45, 2.75) is 19.1 Å². The maximum absolute atomic E-state index is 9.86. The minimum Gasteiger partial charge on any atom is -0.398 e. The van der Waals surface area contributed by atoms with Gasteiger partial charge in [-0.15, -0.1) is 0 Å². The molecule has 4 heteroatoms. The number of aryl methyl sites for hydroxylation is 1. The summed E-state index contributed by atoms with van der Waals surface area (Å²) in [6.07, 6.45) is -1.79. The Hall–Kier alpha value is -1.10. The summed E-state index contributed by atoms with van der Waals surface area (Å²) in [6, 6.07) is 5.41. The summed E-state index contributed by atoms with van der Waals surface area (Å²) >= 11 is 0. The van der Waals surface area contributed by atoms with Crippen molar-refractivity contribution >= 4 is 5.69 Å². The van der Waals surface area contributed by atoms with Crippen molar-refractivity contribution < 1.29 is 10.2 Å². The number of hydrogen-bond acceptors (Lipinski definition) is 4. The molecule has 5 N–H and O–H groups in total. The first-order valence-electron chi connectivity index (χ1n) is 4.93. The van der Waals surface area contributed by atoms with Crippen LogP contribution in [0.2, 0.25) is 0 Å². The molecule has 84 valence electrons. The molecule has 0 aromatic heterocycles. The van der Waals surface area contributed by atoms with Crippen LogP contribution in [-0.2, 0) is 0 Å². The van der Waals surface area contributed by atoms with Gasteiger partial charge in [0.05, 0.1) is 6.10 Å². The number of benzene rings is 1. The van der Waals surface area contributed by atoms with Gasteiger partial charge in [-0.05, 0) is 19.5 Å². The fraction of sp³-hybridized carbons (Fsp3) is 0.455. The van der Waals surface area contributed by atoms with E-state index >= 15 is 0 Å². The minimum atomic E-state index is -0.947. The molecular weight excluding hydrogens is 192 g/mol. The van der Waals surface area contributed by atoms with Crippen molar-refractivity contribution in [1.29, 1.82) is 0 Å². The predicted octanol–water partition coefficient (Wildman–Crippen LogP) is 0.191. The van der Waals surface area contributed by atoms with Gasteiger partial charge in [-0.3, -0.25) is 0 Å². The molecule has 0 saturated heterocycles. The Kier molecular flexibility index (Phi) is 4.08. The Balaban J connectivity index is 2.90. The minimum absolute atomic E-state index is 0.328. The molecule has 0 amide bonds. The summed E-state index contributed by atoms with van der Waals surface area (Å²) in [6.45, 7) is 2.20. The van der Waals surface area contributed by atoms with Gasteiger partial charge >= 0.3 is 0 Å².